The second-order valence-corrected chi connectivity index (χ2v) is 4.48. The molecule has 1 nitrogen and oxygen atoms in total. The van der Waals surface area contributed by atoms with Gasteiger partial charge < -0.3 is 4.74 Å². The van der Waals surface area contributed by atoms with Crippen LogP contribution in [-0.4, -0.2) is 24.6 Å². The van der Waals surface area contributed by atoms with Crippen LogP contribution in [-0.2, 0) is 4.74 Å². The molecular weight excluding hydrogens is 236 g/mol. The zero-order chi connectivity index (χ0) is 12.7. The van der Waals surface area contributed by atoms with Gasteiger partial charge in [-0.3, -0.25) is 0 Å². The standard InChI is InChI=1S/C12H14F4O/c1-8-5-6-9(10-4-2-3-7-17-10)12(15,16)11(8,13)14/h5-6,10H,2-4,7H2,1H3. The van der Waals surface area contributed by atoms with Gasteiger partial charge in [0.2, 0.25) is 0 Å². The molecule has 1 aliphatic carbocycles. The number of alkyl halides is 4. The minimum atomic E-state index is -4.14. The zero-order valence-electron chi connectivity index (χ0n) is 9.48. The van der Waals surface area contributed by atoms with Gasteiger partial charge in [0, 0.05) is 17.8 Å². The van der Waals surface area contributed by atoms with Crippen LogP contribution in [0.25, 0.3) is 0 Å². The number of rotatable bonds is 1. The largest absolute Gasteiger partial charge is 0.374 e. The molecular formula is C12H14F4O. The summed E-state index contributed by atoms with van der Waals surface area (Å²) in [4.78, 5) is 0. The molecule has 0 saturated carbocycles. The quantitative estimate of drug-likeness (QED) is 0.644. The van der Waals surface area contributed by atoms with Crippen LogP contribution in [0.2, 0.25) is 0 Å². The second kappa shape index (κ2) is 4.12. The number of hydrogen-bond donors (Lipinski definition) is 0. The minimum absolute atomic E-state index is 0.354. The summed E-state index contributed by atoms with van der Waals surface area (Å²) >= 11 is 0. The molecule has 2 rings (SSSR count). The van der Waals surface area contributed by atoms with E-state index in [2.05, 4.69) is 0 Å². The molecule has 0 aromatic heterocycles. The van der Waals surface area contributed by atoms with Gasteiger partial charge in [0.25, 0.3) is 0 Å². The van der Waals surface area contributed by atoms with Crippen molar-refractivity contribution in [2.75, 3.05) is 6.61 Å². The van der Waals surface area contributed by atoms with Crippen LogP contribution in [0.4, 0.5) is 17.6 Å². The lowest BCUT2D eigenvalue weighted by Crippen LogP contribution is -2.48. The van der Waals surface area contributed by atoms with Gasteiger partial charge in [-0.05, 0) is 26.2 Å². The Balaban J connectivity index is 2.33. The molecule has 1 unspecified atom stereocenters. The predicted octanol–water partition coefficient (Wildman–Crippen LogP) is 3.71. The van der Waals surface area contributed by atoms with Crippen molar-refractivity contribution in [1.29, 1.82) is 0 Å². The second-order valence-electron chi connectivity index (χ2n) is 4.48. The van der Waals surface area contributed by atoms with Gasteiger partial charge >= 0.3 is 11.8 Å². The summed E-state index contributed by atoms with van der Waals surface area (Å²) in [7, 11) is 0. The van der Waals surface area contributed by atoms with Crippen molar-refractivity contribution in [3.8, 4) is 0 Å². The average molecular weight is 250 g/mol. The van der Waals surface area contributed by atoms with E-state index in [1.165, 1.54) is 0 Å². The van der Waals surface area contributed by atoms with E-state index >= 15 is 0 Å². The Hall–Kier alpha value is -0.840. The molecule has 1 saturated heterocycles. The fraction of sp³-hybridized carbons (Fsp3) is 0.667. The van der Waals surface area contributed by atoms with Crippen molar-refractivity contribution < 1.29 is 22.3 Å². The first-order valence-corrected chi connectivity index (χ1v) is 5.64. The Labute approximate surface area is 97.1 Å². The monoisotopic (exact) mass is 250 g/mol. The van der Waals surface area contributed by atoms with Gasteiger partial charge in [-0.15, -0.1) is 0 Å². The van der Waals surface area contributed by atoms with E-state index in [1.807, 2.05) is 0 Å². The van der Waals surface area contributed by atoms with Crippen molar-refractivity contribution in [3.63, 3.8) is 0 Å². The van der Waals surface area contributed by atoms with E-state index in [0.717, 1.165) is 31.9 Å². The van der Waals surface area contributed by atoms with Gasteiger partial charge in [0.15, 0.2) is 0 Å². The molecule has 0 aromatic rings. The van der Waals surface area contributed by atoms with E-state index in [4.69, 9.17) is 4.74 Å². The summed E-state index contributed by atoms with van der Waals surface area (Å²) in [5.41, 5.74) is -1.20. The van der Waals surface area contributed by atoms with Crippen LogP contribution in [0.3, 0.4) is 0 Å². The maximum atomic E-state index is 13.7. The third-order valence-corrected chi connectivity index (χ3v) is 3.29. The van der Waals surface area contributed by atoms with Crippen LogP contribution in [0.5, 0.6) is 0 Å². The highest BCUT2D eigenvalue weighted by atomic mass is 19.3. The molecule has 96 valence electrons. The Kier molecular flexibility index (Phi) is 3.06. The van der Waals surface area contributed by atoms with Crippen LogP contribution < -0.4 is 0 Å². The van der Waals surface area contributed by atoms with Crippen molar-refractivity contribution in [3.05, 3.63) is 23.3 Å². The number of allylic oxidation sites excluding steroid dienone is 3. The van der Waals surface area contributed by atoms with E-state index in [-0.39, 0.29) is 0 Å². The Morgan fingerprint density at radius 1 is 1.12 bits per heavy atom. The molecule has 2 aliphatic rings. The molecule has 0 spiro atoms. The highest BCUT2D eigenvalue weighted by molar-refractivity contribution is 5.38. The number of halogens is 4. The fourth-order valence-electron chi connectivity index (χ4n) is 2.15. The van der Waals surface area contributed by atoms with Gasteiger partial charge in [-0.1, -0.05) is 12.2 Å². The van der Waals surface area contributed by atoms with Gasteiger partial charge in [0.05, 0.1) is 6.10 Å². The highest BCUT2D eigenvalue weighted by Gasteiger charge is 2.62. The first kappa shape index (κ1) is 12.6. The fourth-order valence-corrected chi connectivity index (χ4v) is 2.15. The van der Waals surface area contributed by atoms with Gasteiger partial charge in [0.1, 0.15) is 0 Å². The van der Waals surface area contributed by atoms with E-state index in [0.29, 0.717) is 13.0 Å². The highest BCUT2D eigenvalue weighted by Crippen LogP contribution is 2.49. The summed E-state index contributed by atoms with van der Waals surface area (Å²) in [5.74, 6) is -8.26. The summed E-state index contributed by atoms with van der Waals surface area (Å²) in [6.07, 6.45) is 3.17. The van der Waals surface area contributed by atoms with E-state index < -0.39 is 29.1 Å². The normalized spacial score (nSPS) is 31.7. The Bertz CT molecular complexity index is 365. The maximum Gasteiger partial charge on any atom is 0.338 e. The maximum absolute atomic E-state index is 13.7. The van der Waals surface area contributed by atoms with Crippen LogP contribution in [0.1, 0.15) is 26.2 Å². The first-order valence-electron chi connectivity index (χ1n) is 5.64. The third kappa shape index (κ3) is 1.90. The molecule has 0 N–H and O–H groups in total. The summed E-state index contributed by atoms with van der Waals surface area (Å²) in [6, 6.07) is 0. The smallest absolute Gasteiger partial charge is 0.338 e. The summed E-state index contributed by atoms with van der Waals surface area (Å²) in [6.45, 7) is 1.37. The third-order valence-electron chi connectivity index (χ3n) is 3.29. The van der Waals surface area contributed by atoms with Crippen molar-refractivity contribution >= 4 is 0 Å². The van der Waals surface area contributed by atoms with E-state index in [1.54, 1.807) is 0 Å². The molecule has 1 heterocycles. The van der Waals surface area contributed by atoms with Gasteiger partial charge in [-0.25, -0.2) is 0 Å². The Morgan fingerprint density at radius 3 is 2.41 bits per heavy atom. The van der Waals surface area contributed by atoms with Crippen LogP contribution >= 0.6 is 0 Å². The molecule has 1 aliphatic heterocycles. The molecule has 1 atom stereocenters. The molecule has 17 heavy (non-hydrogen) atoms. The Morgan fingerprint density at radius 2 is 1.82 bits per heavy atom. The number of hydrogen-bond acceptors (Lipinski definition) is 1. The lowest BCUT2D eigenvalue weighted by atomic mass is 9.86. The van der Waals surface area contributed by atoms with Crippen LogP contribution in [0, 0.1) is 0 Å². The van der Waals surface area contributed by atoms with Crippen molar-refractivity contribution in [2.24, 2.45) is 0 Å². The topological polar surface area (TPSA) is 9.23 Å². The molecule has 1 fully saturated rings. The number of ether oxygens (including phenoxy) is 1. The van der Waals surface area contributed by atoms with Crippen LogP contribution in [0.15, 0.2) is 23.3 Å². The predicted molar refractivity (Wildman–Crippen MR) is 55.3 cm³/mol. The molecule has 0 amide bonds. The van der Waals surface area contributed by atoms with Crippen molar-refractivity contribution in [1.82, 2.24) is 0 Å². The molecule has 0 aromatic carbocycles. The molecule has 5 heteroatoms. The zero-order valence-corrected chi connectivity index (χ0v) is 9.48. The average Bonchev–Trinajstić information content (AvgIpc) is 2.28. The first-order chi connectivity index (χ1) is 7.87. The van der Waals surface area contributed by atoms with Gasteiger partial charge in [-0.2, -0.15) is 17.6 Å². The lowest BCUT2D eigenvalue weighted by molar-refractivity contribution is -0.174. The molecule has 0 radical (unpaired) electrons. The minimum Gasteiger partial charge on any atom is -0.374 e. The van der Waals surface area contributed by atoms with E-state index in [9.17, 15) is 17.6 Å². The molecule has 0 bridgehead atoms. The summed E-state index contributed by atoms with van der Waals surface area (Å²) < 4.78 is 59.6. The van der Waals surface area contributed by atoms with Crippen molar-refractivity contribution in [2.45, 2.75) is 44.1 Å². The SMILES string of the molecule is CC1=CC=C(C2CCCCO2)C(F)(F)C1(F)F. The summed E-state index contributed by atoms with van der Waals surface area (Å²) in [5, 5.41) is 0. The lowest BCUT2D eigenvalue weighted by Gasteiger charge is -2.36.